The second-order valence-corrected chi connectivity index (χ2v) is 10.5. The predicted octanol–water partition coefficient (Wildman–Crippen LogP) is 8.60. The van der Waals surface area contributed by atoms with Crippen LogP contribution in [0.4, 0.5) is 4.79 Å². The molecule has 1 aliphatic heterocycles. The number of fused-ring (bicyclic) bond motifs is 1. The van der Waals surface area contributed by atoms with Crippen LogP contribution >= 0.6 is 34.8 Å². The molecule has 0 spiro atoms. The van der Waals surface area contributed by atoms with Gasteiger partial charge >= 0.3 is 6.16 Å². The summed E-state index contributed by atoms with van der Waals surface area (Å²) in [6, 6.07) is 23.1. The van der Waals surface area contributed by atoms with E-state index >= 15 is 0 Å². The monoisotopic (exact) mass is 611 g/mol. The lowest BCUT2D eigenvalue weighted by atomic mass is 10.0. The van der Waals surface area contributed by atoms with Crippen LogP contribution in [0.15, 0.2) is 78.9 Å². The Morgan fingerprint density at radius 3 is 2.44 bits per heavy atom. The maximum Gasteiger partial charge on any atom is 0.506 e. The van der Waals surface area contributed by atoms with Crippen LogP contribution in [-0.4, -0.2) is 30.3 Å². The van der Waals surface area contributed by atoms with Gasteiger partial charge in [-0.2, -0.15) is 0 Å². The van der Waals surface area contributed by atoms with Crippen molar-refractivity contribution in [1.29, 1.82) is 0 Å². The summed E-state index contributed by atoms with van der Waals surface area (Å²) in [6.07, 6.45) is -1.08. The molecule has 2 N–H and O–H groups in total. The number of carboxylic acid groups (broad SMARTS) is 1. The first-order chi connectivity index (χ1) is 19.8. The summed E-state index contributed by atoms with van der Waals surface area (Å²) in [4.78, 5) is 23.7. The number of halogens is 3. The molecule has 210 valence electrons. The van der Waals surface area contributed by atoms with Crippen molar-refractivity contribution in [2.45, 2.75) is 18.9 Å². The average molecular weight is 613 g/mol. The fraction of sp³-hybridized carbons (Fsp3) is 0.161. The number of ether oxygens (including phenoxy) is 3. The number of carbonyl (C=O) groups excluding carboxylic acids is 1. The van der Waals surface area contributed by atoms with E-state index in [9.17, 15) is 9.59 Å². The van der Waals surface area contributed by atoms with Crippen LogP contribution in [0.3, 0.4) is 0 Å². The average Bonchev–Trinajstić information content (AvgIpc) is 2.95. The van der Waals surface area contributed by atoms with Gasteiger partial charge in [0.1, 0.15) is 23.4 Å². The van der Waals surface area contributed by atoms with Crippen LogP contribution in [0, 0.1) is 0 Å². The Morgan fingerprint density at radius 2 is 1.71 bits per heavy atom. The molecule has 1 atom stereocenters. The van der Waals surface area contributed by atoms with Crippen LogP contribution in [0.25, 0.3) is 11.1 Å². The molecular formula is C31H24Cl3NO6. The first kappa shape index (κ1) is 28.6. The molecule has 0 fully saturated rings. The summed E-state index contributed by atoms with van der Waals surface area (Å²) in [6.45, 7) is 0.704. The number of amides is 1. The molecule has 0 aromatic heterocycles. The van der Waals surface area contributed by atoms with Crippen molar-refractivity contribution in [2.24, 2.45) is 0 Å². The quantitative estimate of drug-likeness (QED) is 0.194. The van der Waals surface area contributed by atoms with Gasteiger partial charge in [0.15, 0.2) is 0 Å². The van der Waals surface area contributed by atoms with Gasteiger partial charge in [0, 0.05) is 45.8 Å². The first-order valence-corrected chi connectivity index (χ1v) is 13.9. The first-order valence-electron chi connectivity index (χ1n) is 12.7. The fourth-order valence-electron chi connectivity index (χ4n) is 4.51. The third-order valence-corrected chi connectivity index (χ3v) is 7.53. The summed E-state index contributed by atoms with van der Waals surface area (Å²) in [7, 11) is 0. The molecule has 0 aliphatic carbocycles. The molecule has 1 unspecified atom stereocenters. The lowest BCUT2D eigenvalue weighted by molar-refractivity contribution is 0.0326. The number of hydrogen-bond donors (Lipinski definition) is 2. The number of nitrogens with one attached hydrogen (secondary N) is 1. The molecule has 41 heavy (non-hydrogen) atoms. The smallest absolute Gasteiger partial charge is 0.493 e. The number of benzene rings is 4. The largest absolute Gasteiger partial charge is 0.506 e. The van der Waals surface area contributed by atoms with Crippen LogP contribution < -0.4 is 14.8 Å². The molecular weight excluding hydrogens is 589 g/mol. The Kier molecular flexibility index (Phi) is 8.88. The van der Waals surface area contributed by atoms with E-state index in [1.165, 1.54) is 0 Å². The number of hydrogen-bond acceptors (Lipinski definition) is 5. The van der Waals surface area contributed by atoms with Gasteiger partial charge in [-0.1, -0.05) is 65.1 Å². The molecule has 0 radical (unpaired) electrons. The maximum atomic E-state index is 12.7. The fourth-order valence-corrected chi connectivity index (χ4v) is 5.24. The maximum absolute atomic E-state index is 12.7. The third kappa shape index (κ3) is 6.88. The zero-order chi connectivity index (χ0) is 28.9. The second-order valence-electron chi connectivity index (χ2n) is 9.25. The van der Waals surface area contributed by atoms with Crippen LogP contribution in [-0.2, 0) is 11.2 Å². The van der Waals surface area contributed by atoms with Gasteiger partial charge in [0.05, 0.1) is 11.6 Å². The van der Waals surface area contributed by atoms with Crippen molar-refractivity contribution >= 4 is 46.9 Å². The minimum Gasteiger partial charge on any atom is -0.493 e. The summed E-state index contributed by atoms with van der Waals surface area (Å²) in [5.41, 5.74) is 3.76. The molecule has 4 aromatic carbocycles. The van der Waals surface area contributed by atoms with Crippen molar-refractivity contribution in [3.05, 3.63) is 111 Å². The van der Waals surface area contributed by atoms with Crippen LogP contribution in [0.1, 0.15) is 34.0 Å². The van der Waals surface area contributed by atoms with E-state index in [1.807, 2.05) is 42.5 Å². The molecule has 0 saturated heterocycles. The molecule has 0 saturated carbocycles. The van der Waals surface area contributed by atoms with Gasteiger partial charge in [0.25, 0.3) is 5.91 Å². The van der Waals surface area contributed by atoms with Crippen molar-refractivity contribution in [2.75, 3.05) is 13.2 Å². The summed E-state index contributed by atoms with van der Waals surface area (Å²) >= 11 is 19.2. The van der Waals surface area contributed by atoms with E-state index < -0.39 is 12.3 Å². The molecule has 1 heterocycles. The Labute approximate surface area is 251 Å². The lowest BCUT2D eigenvalue weighted by Gasteiger charge is -2.25. The topological polar surface area (TPSA) is 94.1 Å². The predicted molar refractivity (Wildman–Crippen MR) is 158 cm³/mol. The highest BCUT2D eigenvalue weighted by Gasteiger charge is 2.27. The lowest BCUT2D eigenvalue weighted by Crippen LogP contribution is -2.25. The highest BCUT2D eigenvalue weighted by atomic mass is 35.5. The number of rotatable bonds is 8. The van der Waals surface area contributed by atoms with E-state index in [4.69, 9.17) is 54.1 Å². The normalized spacial score (nSPS) is 14.0. The summed E-state index contributed by atoms with van der Waals surface area (Å²) in [5.74, 6) is 1.00. The van der Waals surface area contributed by atoms with E-state index in [0.717, 1.165) is 16.7 Å². The van der Waals surface area contributed by atoms with E-state index in [0.29, 0.717) is 64.4 Å². The zero-order valence-electron chi connectivity index (χ0n) is 21.5. The summed E-state index contributed by atoms with van der Waals surface area (Å²) < 4.78 is 16.5. The highest BCUT2D eigenvalue weighted by molar-refractivity contribution is 6.34. The van der Waals surface area contributed by atoms with Crippen LogP contribution in [0.2, 0.25) is 15.1 Å². The molecule has 10 heteroatoms. The summed E-state index contributed by atoms with van der Waals surface area (Å²) in [5, 5.41) is 13.4. The molecule has 4 aromatic rings. The third-order valence-electron chi connectivity index (χ3n) is 6.55. The molecule has 7 nitrogen and oxygen atoms in total. The van der Waals surface area contributed by atoms with Gasteiger partial charge in [-0.3, -0.25) is 4.79 Å². The van der Waals surface area contributed by atoms with E-state index in [2.05, 4.69) is 5.32 Å². The number of carbonyl (C=O) groups is 2. The van der Waals surface area contributed by atoms with Crippen molar-refractivity contribution in [1.82, 2.24) is 5.32 Å². The SMILES string of the molecule is O=C(O)OC1CCOc2cc(Oc3ccc(C(=O)NCCc4ccc(-c5ccccc5Cl)cc4Cl)cc3)c(Cl)cc21. The molecule has 5 rings (SSSR count). The molecule has 0 bridgehead atoms. The molecule has 1 aliphatic rings. The van der Waals surface area contributed by atoms with Crippen molar-refractivity contribution in [3.63, 3.8) is 0 Å². The zero-order valence-corrected chi connectivity index (χ0v) is 23.8. The Balaban J connectivity index is 1.17. The Hall–Kier alpha value is -3.91. The van der Waals surface area contributed by atoms with Gasteiger partial charge in [-0.05, 0) is 60.0 Å². The van der Waals surface area contributed by atoms with Crippen LogP contribution in [0.5, 0.6) is 17.2 Å². The molecule has 1 amide bonds. The van der Waals surface area contributed by atoms with Gasteiger partial charge in [-0.15, -0.1) is 0 Å². The minimum absolute atomic E-state index is 0.231. The van der Waals surface area contributed by atoms with Gasteiger partial charge in [-0.25, -0.2) is 4.79 Å². The van der Waals surface area contributed by atoms with E-state index in [1.54, 1.807) is 36.4 Å². The second kappa shape index (κ2) is 12.7. The van der Waals surface area contributed by atoms with Crippen molar-refractivity contribution < 1.29 is 28.9 Å². The highest BCUT2D eigenvalue weighted by Crippen LogP contribution is 2.42. The van der Waals surface area contributed by atoms with Gasteiger partial charge in [0.2, 0.25) is 0 Å². The van der Waals surface area contributed by atoms with Gasteiger partial charge < -0.3 is 24.6 Å². The van der Waals surface area contributed by atoms with Crippen molar-refractivity contribution in [3.8, 4) is 28.4 Å². The minimum atomic E-state index is -1.37. The van der Waals surface area contributed by atoms with E-state index in [-0.39, 0.29) is 10.9 Å². The standard InChI is InChI=1S/C31H24Cl3NO6/c32-24-4-2-1-3-22(24)20-6-5-18(25(33)15-20)11-13-35-30(36)19-7-9-21(10-8-19)40-29-17-28-23(16-26(29)34)27(12-14-39-28)41-31(37)38/h1-10,15-17,27H,11-14H2,(H,35,36)(H,37,38). The Morgan fingerprint density at radius 1 is 0.927 bits per heavy atom. The Bertz CT molecular complexity index is 1590.